The lowest BCUT2D eigenvalue weighted by atomic mass is 10.1. The summed E-state index contributed by atoms with van der Waals surface area (Å²) in [5.74, 6) is -0.312. The number of allylic oxidation sites excluding steroid dienone is 1. The molecule has 1 saturated heterocycles. The van der Waals surface area contributed by atoms with Crippen molar-refractivity contribution < 1.29 is 14.1 Å². The third-order valence-corrected chi connectivity index (χ3v) is 9.27. The van der Waals surface area contributed by atoms with Gasteiger partial charge in [0.05, 0.1) is 13.0 Å². The van der Waals surface area contributed by atoms with Crippen LogP contribution in [-0.2, 0) is 14.1 Å². The first-order valence-electron chi connectivity index (χ1n) is 11.7. The Hall–Kier alpha value is -2.52. The van der Waals surface area contributed by atoms with Crippen molar-refractivity contribution in [1.29, 1.82) is 0 Å². The van der Waals surface area contributed by atoms with Crippen molar-refractivity contribution >= 4 is 24.8 Å². The van der Waals surface area contributed by atoms with E-state index >= 15 is 4.57 Å². The Balaban J connectivity index is 2.20. The second kappa shape index (κ2) is 11.4. The fraction of sp³-hybridized carbons (Fsp3) is 0.423. The van der Waals surface area contributed by atoms with Gasteiger partial charge in [0.25, 0.3) is 7.44 Å². The monoisotopic (exact) mass is 454 g/mol. The zero-order valence-electron chi connectivity index (χ0n) is 19.5. The molecule has 1 fully saturated rings. The minimum atomic E-state index is -3.29. The molecular formula is C26H35N2O3P. The first-order chi connectivity index (χ1) is 15.6. The number of unbranched alkanes of at least 4 members (excludes halogenated alkanes) is 1. The van der Waals surface area contributed by atoms with Crippen LogP contribution in [0.5, 0.6) is 0 Å². The zero-order valence-corrected chi connectivity index (χ0v) is 20.4. The van der Waals surface area contributed by atoms with Crippen LogP contribution in [0.2, 0.25) is 0 Å². The molecule has 6 heteroatoms. The van der Waals surface area contributed by atoms with Gasteiger partial charge in [0.2, 0.25) is 0 Å². The van der Waals surface area contributed by atoms with Crippen molar-refractivity contribution in [2.45, 2.75) is 52.9 Å². The van der Waals surface area contributed by atoms with E-state index in [-0.39, 0.29) is 12.4 Å². The standard InChI is InChI=1S/C26H35N2O3P/c1-4-7-14-22(5-2)25(21-26(29)31-6-3)32(30)27(23-15-10-8-11-16-23)19-20-28(32)24-17-12-9-13-18-24/h8-13,15-18H,4-7,14,19-21H2,1-3H3/b25-22+. The quantitative estimate of drug-likeness (QED) is 0.285. The molecule has 1 aliphatic heterocycles. The van der Waals surface area contributed by atoms with Gasteiger partial charge in [-0.05, 0) is 50.5 Å². The lowest BCUT2D eigenvalue weighted by Crippen LogP contribution is -2.23. The number of esters is 1. The lowest BCUT2D eigenvalue weighted by molar-refractivity contribution is -0.142. The number of hydrogen-bond acceptors (Lipinski definition) is 3. The molecule has 5 nitrogen and oxygen atoms in total. The summed E-state index contributed by atoms with van der Waals surface area (Å²) in [6, 6.07) is 19.8. The molecule has 0 spiro atoms. The average Bonchev–Trinajstić information content (AvgIpc) is 3.18. The lowest BCUT2D eigenvalue weighted by Gasteiger charge is -2.35. The van der Waals surface area contributed by atoms with E-state index in [9.17, 15) is 4.79 Å². The van der Waals surface area contributed by atoms with Crippen LogP contribution in [0.4, 0.5) is 11.4 Å². The molecule has 2 aromatic carbocycles. The summed E-state index contributed by atoms with van der Waals surface area (Å²) in [4.78, 5) is 12.7. The molecule has 0 atom stereocenters. The van der Waals surface area contributed by atoms with Gasteiger partial charge in [-0.25, -0.2) is 0 Å². The summed E-state index contributed by atoms with van der Waals surface area (Å²) in [5, 5.41) is 0.747. The molecule has 0 N–H and O–H groups in total. The summed E-state index contributed by atoms with van der Waals surface area (Å²) in [6.45, 7) is 7.64. The van der Waals surface area contributed by atoms with Crippen molar-refractivity contribution in [2.75, 3.05) is 29.0 Å². The summed E-state index contributed by atoms with van der Waals surface area (Å²) in [7, 11) is -3.29. The smallest absolute Gasteiger partial charge is 0.310 e. The number of ether oxygens (including phenoxy) is 1. The van der Waals surface area contributed by atoms with E-state index in [2.05, 4.69) is 13.8 Å². The fourth-order valence-corrected chi connectivity index (χ4v) is 7.83. The SMILES string of the molecule is CCCC/C(CC)=C(\CC(=O)OCC)P1(=O)N(c2ccccc2)CCN1c1ccccc1. The van der Waals surface area contributed by atoms with E-state index in [4.69, 9.17) is 4.74 Å². The van der Waals surface area contributed by atoms with Crippen LogP contribution in [0, 0.1) is 0 Å². The molecule has 1 heterocycles. The Kier molecular flexibility index (Phi) is 8.58. The molecule has 172 valence electrons. The molecule has 0 saturated carbocycles. The normalized spacial score (nSPS) is 16.1. The Morgan fingerprint density at radius 3 is 1.88 bits per heavy atom. The van der Waals surface area contributed by atoms with Crippen molar-refractivity contribution in [3.05, 3.63) is 71.6 Å². The highest BCUT2D eigenvalue weighted by Gasteiger charge is 2.47. The van der Waals surface area contributed by atoms with Crippen LogP contribution in [0.1, 0.15) is 52.9 Å². The van der Waals surface area contributed by atoms with Crippen molar-refractivity contribution in [3.63, 3.8) is 0 Å². The van der Waals surface area contributed by atoms with Crippen LogP contribution >= 0.6 is 7.44 Å². The highest BCUT2D eigenvalue weighted by Crippen LogP contribution is 2.67. The van der Waals surface area contributed by atoms with Crippen LogP contribution in [0.15, 0.2) is 71.6 Å². The number of nitrogens with zero attached hydrogens (tertiary/aromatic N) is 2. The number of para-hydroxylation sites is 2. The third kappa shape index (κ3) is 5.10. The maximum Gasteiger partial charge on any atom is 0.310 e. The maximum absolute atomic E-state index is 15.3. The van der Waals surface area contributed by atoms with Crippen molar-refractivity contribution in [2.24, 2.45) is 0 Å². The number of hydrogen-bond donors (Lipinski definition) is 0. The number of carbonyl (C=O) groups is 1. The van der Waals surface area contributed by atoms with E-state index in [0.717, 1.165) is 47.9 Å². The van der Waals surface area contributed by atoms with Crippen molar-refractivity contribution in [3.8, 4) is 0 Å². The zero-order chi connectivity index (χ0) is 23.0. The Morgan fingerprint density at radius 1 is 0.906 bits per heavy atom. The number of benzene rings is 2. The first kappa shape index (κ1) is 24.1. The molecule has 2 aromatic rings. The van der Waals surface area contributed by atoms with Gasteiger partial charge in [0, 0.05) is 29.8 Å². The van der Waals surface area contributed by atoms with E-state index in [1.165, 1.54) is 0 Å². The number of rotatable bonds is 10. The molecule has 0 aliphatic carbocycles. The topological polar surface area (TPSA) is 49.9 Å². The van der Waals surface area contributed by atoms with E-state index in [1.807, 2.05) is 76.9 Å². The minimum absolute atomic E-state index is 0.0602. The van der Waals surface area contributed by atoms with E-state index in [1.54, 1.807) is 0 Å². The highest BCUT2D eigenvalue weighted by molar-refractivity contribution is 7.71. The molecule has 0 unspecified atom stereocenters. The summed E-state index contributed by atoms with van der Waals surface area (Å²) < 4.78 is 24.6. The van der Waals surface area contributed by atoms with Gasteiger partial charge in [-0.1, -0.05) is 62.2 Å². The van der Waals surface area contributed by atoms with Gasteiger partial charge >= 0.3 is 5.97 Å². The molecule has 32 heavy (non-hydrogen) atoms. The van der Waals surface area contributed by atoms with Crippen LogP contribution < -0.4 is 9.34 Å². The Morgan fingerprint density at radius 2 is 1.44 bits per heavy atom. The van der Waals surface area contributed by atoms with Gasteiger partial charge < -0.3 is 14.1 Å². The molecular weight excluding hydrogens is 419 g/mol. The van der Waals surface area contributed by atoms with Crippen LogP contribution in [0.25, 0.3) is 0 Å². The molecule has 3 rings (SSSR count). The predicted molar refractivity (Wildman–Crippen MR) is 133 cm³/mol. The second-order valence-electron chi connectivity index (χ2n) is 7.95. The van der Waals surface area contributed by atoms with Gasteiger partial charge in [-0.2, -0.15) is 0 Å². The summed E-state index contributed by atoms with van der Waals surface area (Å²) >= 11 is 0. The molecule has 0 bridgehead atoms. The minimum Gasteiger partial charge on any atom is -0.466 e. The van der Waals surface area contributed by atoms with E-state index < -0.39 is 7.44 Å². The Bertz CT molecular complexity index is 908. The number of anilines is 2. The van der Waals surface area contributed by atoms with Gasteiger partial charge in [0.1, 0.15) is 0 Å². The summed E-state index contributed by atoms with van der Waals surface area (Å²) in [6.07, 6.45) is 3.73. The molecule has 1 aliphatic rings. The largest absolute Gasteiger partial charge is 0.466 e. The molecule has 0 radical (unpaired) electrons. The van der Waals surface area contributed by atoms with Gasteiger partial charge in [0.15, 0.2) is 0 Å². The highest BCUT2D eigenvalue weighted by atomic mass is 31.2. The molecule has 0 amide bonds. The van der Waals surface area contributed by atoms with Gasteiger partial charge in [-0.3, -0.25) is 9.36 Å². The predicted octanol–water partition coefficient (Wildman–Crippen LogP) is 7.01. The first-order valence-corrected chi connectivity index (χ1v) is 13.3. The van der Waals surface area contributed by atoms with E-state index in [0.29, 0.717) is 19.7 Å². The van der Waals surface area contributed by atoms with Crippen molar-refractivity contribution in [1.82, 2.24) is 0 Å². The number of carbonyl (C=O) groups excluding carboxylic acids is 1. The van der Waals surface area contributed by atoms with Crippen LogP contribution in [0.3, 0.4) is 0 Å². The fourth-order valence-electron chi connectivity index (χ4n) is 4.35. The summed E-state index contributed by atoms with van der Waals surface area (Å²) in [5.41, 5.74) is 2.95. The maximum atomic E-state index is 15.3. The van der Waals surface area contributed by atoms with Crippen LogP contribution in [-0.4, -0.2) is 25.7 Å². The molecule has 0 aromatic heterocycles. The average molecular weight is 455 g/mol. The third-order valence-electron chi connectivity index (χ3n) is 5.92. The second-order valence-corrected chi connectivity index (χ2v) is 10.5. The van der Waals surface area contributed by atoms with Gasteiger partial charge in [-0.15, -0.1) is 0 Å². The Labute approximate surface area is 192 Å².